The van der Waals surface area contributed by atoms with Crippen molar-refractivity contribution in [3.05, 3.63) is 0 Å². The Balaban J connectivity index is 1.89. The van der Waals surface area contributed by atoms with E-state index in [1.165, 1.54) is 22.7 Å². The van der Waals surface area contributed by atoms with Crippen molar-refractivity contribution in [2.45, 2.75) is 0 Å². The van der Waals surface area contributed by atoms with Gasteiger partial charge in [0.1, 0.15) is 94.2 Å². The van der Waals surface area contributed by atoms with Crippen molar-refractivity contribution in [2.75, 3.05) is 0 Å². The zero-order valence-electron chi connectivity index (χ0n) is 21.2. The fourth-order valence-corrected chi connectivity index (χ4v) is 8.70. The molecule has 0 saturated carbocycles. The minimum absolute atomic E-state index is 0.186. The van der Waals surface area contributed by atoms with Crippen molar-refractivity contribution in [1.82, 2.24) is 4.57 Å². The molecule has 0 spiro atoms. The molecule has 0 amide bonds. The van der Waals surface area contributed by atoms with Gasteiger partial charge < -0.3 is 4.57 Å². The van der Waals surface area contributed by atoms with Crippen molar-refractivity contribution in [1.29, 1.82) is 0 Å². The summed E-state index contributed by atoms with van der Waals surface area (Å²) in [5.74, 6) is 0. The molecule has 0 aliphatic rings. The Bertz CT molecular complexity index is 2200. The van der Waals surface area contributed by atoms with E-state index in [1.54, 1.807) is 0 Å². The van der Waals surface area contributed by atoms with Crippen LogP contribution < -0.4 is 65.6 Å². The Morgan fingerprint density at radius 3 is 0.950 bits per heavy atom. The number of hydrogen-bond donors (Lipinski definition) is 0. The predicted molar refractivity (Wildman–Crippen MR) is 191 cm³/mol. The number of rotatable bonds is 0. The third kappa shape index (κ3) is 2.94. The lowest BCUT2D eigenvalue weighted by Crippen LogP contribution is -2.47. The van der Waals surface area contributed by atoms with E-state index < -0.39 is 0 Å². The third-order valence-electron chi connectivity index (χ3n) is 8.06. The van der Waals surface area contributed by atoms with Crippen LogP contribution in [0.3, 0.4) is 0 Å². The summed E-state index contributed by atoms with van der Waals surface area (Å²) < 4.78 is 4.77. The highest BCUT2D eigenvalue weighted by molar-refractivity contribution is 7.30. The molecule has 15 heteroatoms. The highest BCUT2D eigenvalue weighted by atomic mass is 32.1. The van der Waals surface area contributed by atoms with Crippen molar-refractivity contribution < 1.29 is 0 Å². The number of benzene rings is 4. The first-order valence-corrected chi connectivity index (χ1v) is 13.6. The fourth-order valence-electron chi connectivity index (χ4n) is 6.00. The molecule has 0 aliphatic carbocycles. The first-order chi connectivity index (χ1) is 18.8. The lowest BCUT2D eigenvalue weighted by Gasteiger charge is -2.15. The van der Waals surface area contributed by atoms with Gasteiger partial charge in [0.25, 0.3) is 0 Å². The standard InChI is InChI=1S/C25H3B12NS2/c1-38-20-6(22-2(10(28)16(20)34)4-8(26)12(30)14(32)18(36)24(4)39-22)7-21(38)17(35)11(29)3-5-9(27)13(31)15(33)19(37)25(5)40-23(3)7/h1H3. The van der Waals surface area contributed by atoms with E-state index in [9.17, 15) is 0 Å². The van der Waals surface area contributed by atoms with Gasteiger partial charge in [-0.05, 0) is 21.5 Å². The topological polar surface area (TPSA) is 4.93 Å². The summed E-state index contributed by atoms with van der Waals surface area (Å²) in [5, 5.41) is 4.03. The Morgan fingerprint density at radius 1 is 0.325 bits per heavy atom. The SMILES string of the molecule is [B]c1c([B])c([B])c2c(sc3c2c([B])c([B])c2c3c3c4sc5c([B])c([B])c([B])c([B])c5c4c([B])c([B])c3n2C)c1[B]. The van der Waals surface area contributed by atoms with Crippen LogP contribution in [0.4, 0.5) is 0 Å². The molecule has 0 aliphatic heterocycles. The highest BCUT2D eigenvalue weighted by Crippen LogP contribution is 2.43. The van der Waals surface area contributed by atoms with E-state index >= 15 is 0 Å². The molecule has 0 N–H and O–H groups in total. The van der Waals surface area contributed by atoms with Gasteiger partial charge >= 0.3 is 0 Å². The van der Waals surface area contributed by atoms with Crippen molar-refractivity contribution in [2.24, 2.45) is 7.05 Å². The zero-order chi connectivity index (χ0) is 28.8. The van der Waals surface area contributed by atoms with Crippen LogP contribution in [0.25, 0.3) is 62.2 Å². The van der Waals surface area contributed by atoms with E-state index in [-0.39, 0.29) is 32.8 Å². The van der Waals surface area contributed by atoms with Crippen LogP contribution in [0.1, 0.15) is 0 Å². The number of fused-ring (bicyclic) bond motifs is 11. The fraction of sp³-hybridized carbons (Fsp3) is 0.0400. The Labute approximate surface area is 254 Å². The smallest absolute Gasteiger partial charge is 0.115 e. The molecule has 40 heavy (non-hydrogen) atoms. The van der Waals surface area contributed by atoms with Crippen molar-refractivity contribution in [3.63, 3.8) is 0 Å². The summed E-state index contributed by atoms with van der Waals surface area (Å²) in [6.45, 7) is 0. The molecular weight excluding hydrogens is 508 g/mol. The first kappa shape index (κ1) is 26.8. The van der Waals surface area contributed by atoms with Gasteiger partial charge in [-0.15, -0.1) is 44.5 Å². The average molecular weight is 511 g/mol. The minimum Gasteiger partial charge on any atom is -0.345 e. The second-order valence-electron chi connectivity index (χ2n) is 9.99. The van der Waals surface area contributed by atoms with Gasteiger partial charge in [-0.2, -0.15) is 0 Å². The quantitative estimate of drug-likeness (QED) is 0.179. The van der Waals surface area contributed by atoms with Crippen LogP contribution in [0.2, 0.25) is 0 Å². The lowest BCUT2D eigenvalue weighted by molar-refractivity contribution is 1.02. The minimum atomic E-state index is 0.186. The van der Waals surface area contributed by atoms with Crippen LogP contribution >= 0.6 is 22.7 Å². The molecule has 0 unspecified atom stereocenters. The molecule has 3 aromatic heterocycles. The van der Waals surface area contributed by atoms with Gasteiger partial charge in [0.15, 0.2) is 0 Å². The summed E-state index contributed by atoms with van der Waals surface area (Å²) >= 11 is 2.79. The molecule has 4 aromatic carbocycles. The molecular formula is C25H3B12NS2. The molecule has 0 atom stereocenters. The summed E-state index contributed by atoms with van der Waals surface area (Å²) in [6.07, 6.45) is 0. The summed E-state index contributed by atoms with van der Waals surface area (Å²) in [6, 6.07) is 0. The van der Waals surface area contributed by atoms with Crippen LogP contribution in [0.15, 0.2) is 0 Å². The average Bonchev–Trinajstić information content (AvgIpc) is 3.60. The maximum atomic E-state index is 6.74. The van der Waals surface area contributed by atoms with Gasteiger partial charge in [-0.25, -0.2) is 0 Å². The molecule has 7 rings (SSSR count). The summed E-state index contributed by atoms with van der Waals surface area (Å²) in [4.78, 5) is 0. The maximum Gasteiger partial charge on any atom is 0.115 e. The lowest BCUT2D eigenvalue weighted by atomic mass is 9.65. The molecule has 0 saturated heterocycles. The van der Waals surface area contributed by atoms with E-state index in [0.717, 1.165) is 20.2 Å². The van der Waals surface area contributed by atoms with Gasteiger partial charge in [-0.3, -0.25) is 0 Å². The Hall–Kier alpha value is -2.10. The van der Waals surface area contributed by atoms with Crippen molar-refractivity contribution >= 4 is 245 Å². The predicted octanol–water partition coefficient (Wildman–Crippen LogP) is -6.41. The van der Waals surface area contributed by atoms with Gasteiger partial charge in [0.05, 0.1) is 0 Å². The third-order valence-corrected chi connectivity index (χ3v) is 10.5. The Morgan fingerprint density at radius 2 is 0.600 bits per heavy atom. The van der Waals surface area contributed by atoms with Crippen molar-refractivity contribution in [3.8, 4) is 0 Å². The second-order valence-corrected chi connectivity index (χ2v) is 12.0. The maximum absolute atomic E-state index is 6.74. The van der Waals surface area contributed by atoms with E-state index in [2.05, 4.69) is 0 Å². The van der Waals surface area contributed by atoms with Crippen LogP contribution in [-0.2, 0) is 7.05 Å². The van der Waals surface area contributed by atoms with Gasteiger partial charge in [0.2, 0.25) is 0 Å². The highest BCUT2D eigenvalue weighted by Gasteiger charge is 2.26. The number of hydrogen-bond acceptors (Lipinski definition) is 2. The van der Waals surface area contributed by atoms with E-state index in [4.69, 9.17) is 94.2 Å². The number of aromatic nitrogens is 1. The largest absolute Gasteiger partial charge is 0.345 e. The second kappa shape index (κ2) is 8.48. The van der Waals surface area contributed by atoms with Gasteiger partial charge in [-0.1, -0.05) is 43.7 Å². The molecule has 7 aromatic rings. The Kier molecular flexibility index (Phi) is 5.67. The summed E-state index contributed by atoms with van der Waals surface area (Å²) in [7, 11) is 79.4. The molecule has 1 nitrogen and oxygen atoms in total. The molecule has 24 radical (unpaired) electrons. The van der Waals surface area contributed by atoms with Crippen LogP contribution in [0, 0.1) is 0 Å². The molecule has 3 heterocycles. The monoisotopic (exact) mass is 513 g/mol. The molecule has 0 fully saturated rings. The van der Waals surface area contributed by atoms with E-state index in [1.807, 2.05) is 11.6 Å². The first-order valence-electron chi connectivity index (χ1n) is 11.9. The van der Waals surface area contributed by atoms with Crippen LogP contribution in [0.5, 0.6) is 0 Å². The zero-order valence-corrected chi connectivity index (χ0v) is 22.8. The molecule has 156 valence electrons. The van der Waals surface area contributed by atoms with E-state index in [0.29, 0.717) is 74.8 Å². The van der Waals surface area contributed by atoms with Gasteiger partial charge in [0, 0.05) is 47.7 Å². The summed E-state index contributed by atoms with van der Waals surface area (Å²) in [5.41, 5.74) is 4.67. The number of aryl methyl sites for hydroxylation is 1. The normalized spacial score (nSPS) is 12.3. The van der Waals surface area contributed by atoms with Crippen LogP contribution in [-0.4, -0.2) is 98.7 Å². The number of nitrogens with zero attached hydrogens (tertiary/aromatic N) is 1. The molecule has 0 bridgehead atoms. The number of thiophene rings is 2.